The zero-order chi connectivity index (χ0) is 19.7. The topological polar surface area (TPSA) is 60.9 Å². The molecule has 1 aromatic rings. The van der Waals surface area contributed by atoms with Crippen molar-refractivity contribution in [3.05, 3.63) is 34.6 Å². The Morgan fingerprint density at radius 2 is 1.78 bits per heavy atom. The number of carbonyl (C=O) groups excluding carboxylic acids is 3. The number of piperazine rings is 1. The number of amides is 3. The number of halogens is 2. The van der Waals surface area contributed by atoms with Crippen molar-refractivity contribution in [1.29, 1.82) is 0 Å². The number of hydrogen-bond donors (Lipinski definition) is 0. The highest BCUT2D eigenvalue weighted by molar-refractivity contribution is 6.33. The molecule has 1 atom stereocenters. The highest BCUT2D eigenvalue weighted by Crippen LogP contribution is 2.24. The molecule has 2 fully saturated rings. The number of rotatable bonds is 3. The first-order chi connectivity index (χ1) is 12.8. The molecule has 0 aliphatic carbocycles. The third kappa shape index (κ3) is 3.93. The van der Waals surface area contributed by atoms with Gasteiger partial charge in [-0.3, -0.25) is 14.4 Å². The highest BCUT2D eigenvalue weighted by atomic mass is 35.5. The first-order valence-corrected chi connectivity index (χ1v) is 9.49. The van der Waals surface area contributed by atoms with Gasteiger partial charge in [-0.2, -0.15) is 0 Å². The Kier molecular flexibility index (Phi) is 5.69. The van der Waals surface area contributed by atoms with Crippen molar-refractivity contribution in [2.75, 3.05) is 32.7 Å². The number of likely N-dealkylation sites (tertiary alicyclic amines) is 1. The summed E-state index contributed by atoms with van der Waals surface area (Å²) in [5, 5.41) is 0.0803. The summed E-state index contributed by atoms with van der Waals surface area (Å²) in [7, 11) is 0. The van der Waals surface area contributed by atoms with Crippen molar-refractivity contribution in [3.8, 4) is 0 Å². The maximum absolute atomic E-state index is 14.0. The van der Waals surface area contributed by atoms with Crippen molar-refractivity contribution in [1.82, 2.24) is 14.7 Å². The Hall–Kier alpha value is -2.15. The van der Waals surface area contributed by atoms with Crippen LogP contribution in [0.15, 0.2) is 18.2 Å². The van der Waals surface area contributed by atoms with E-state index in [0.29, 0.717) is 32.7 Å². The number of benzene rings is 1. The number of hydrogen-bond acceptors (Lipinski definition) is 3. The van der Waals surface area contributed by atoms with Crippen LogP contribution in [0.3, 0.4) is 0 Å². The van der Waals surface area contributed by atoms with Crippen LogP contribution in [0.5, 0.6) is 0 Å². The second kappa shape index (κ2) is 7.84. The smallest absolute Gasteiger partial charge is 0.258 e. The van der Waals surface area contributed by atoms with Crippen LogP contribution in [-0.2, 0) is 9.59 Å². The monoisotopic (exact) mass is 395 g/mol. The van der Waals surface area contributed by atoms with Crippen LogP contribution in [0.1, 0.15) is 30.6 Å². The Balaban J connectivity index is 1.60. The first-order valence-electron chi connectivity index (χ1n) is 9.11. The van der Waals surface area contributed by atoms with Gasteiger partial charge in [-0.25, -0.2) is 4.39 Å². The van der Waals surface area contributed by atoms with Gasteiger partial charge in [0.15, 0.2) is 0 Å². The van der Waals surface area contributed by atoms with Gasteiger partial charge in [-0.05, 0) is 26.0 Å². The lowest BCUT2D eigenvalue weighted by molar-refractivity contribution is -0.137. The van der Waals surface area contributed by atoms with E-state index in [2.05, 4.69) is 0 Å². The third-order valence-corrected chi connectivity index (χ3v) is 5.50. The van der Waals surface area contributed by atoms with Gasteiger partial charge < -0.3 is 14.7 Å². The average Bonchev–Trinajstić information content (AvgIpc) is 3.03. The summed E-state index contributed by atoms with van der Waals surface area (Å²) < 4.78 is 14.0. The molecule has 0 bridgehead atoms. The summed E-state index contributed by atoms with van der Waals surface area (Å²) in [6.45, 7) is 5.66. The van der Waals surface area contributed by atoms with Gasteiger partial charge in [0.1, 0.15) is 5.82 Å². The third-order valence-electron chi connectivity index (χ3n) is 5.19. The highest BCUT2D eigenvalue weighted by Gasteiger charge is 2.38. The maximum atomic E-state index is 14.0. The minimum absolute atomic E-state index is 0.00589. The zero-order valence-electron chi connectivity index (χ0n) is 15.5. The van der Waals surface area contributed by atoms with E-state index in [1.54, 1.807) is 9.80 Å². The fourth-order valence-electron chi connectivity index (χ4n) is 3.64. The molecule has 0 spiro atoms. The standard InChI is InChI=1S/C19H23ClFN3O3/c1-12(2)24-11-13(10-16(24)25)18(26)22-6-8-23(9-7-22)19(27)17-14(20)4-3-5-15(17)21/h3-5,12-13H,6-11H2,1-2H3. The van der Waals surface area contributed by atoms with E-state index in [-0.39, 0.29) is 40.8 Å². The van der Waals surface area contributed by atoms with E-state index in [9.17, 15) is 18.8 Å². The van der Waals surface area contributed by atoms with E-state index in [1.807, 2.05) is 13.8 Å². The van der Waals surface area contributed by atoms with E-state index in [1.165, 1.54) is 23.1 Å². The summed E-state index contributed by atoms with van der Waals surface area (Å²) in [5.74, 6) is -1.49. The van der Waals surface area contributed by atoms with Gasteiger partial charge in [-0.1, -0.05) is 17.7 Å². The van der Waals surface area contributed by atoms with Gasteiger partial charge in [0, 0.05) is 45.2 Å². The molecule has 2 heterocycles. The minimum atomic E-state index is -0.649. The molecule has 0 N–H and O–H groups in total. The van der Waals surface area contributed by atoms with Crippen molar-refractivity contribution in [2.45, 2.75) is 26.3 Å². The lowest BCUT2D eigenvalue weighted by atomic mass is 10.1. The molecule has 2 saturated heterocycles. The minimum Gasteiger partial charge on any atom is -0.339 e. The second-order valence-electron chi connectivity index (χ2n) is 7.26. The molecule has 1 unspecified atom stereocenters. The van der Waals surface area contributed by atoms with Gasteiger partial charge in [-0.15, -0.1) is 0 Å². The molecule has 0 aromatic heterocycles. The van der Waals surface area contributed by atoms with E-state index >= 15 is 0 Å². The van der Waals surface area contributed by atoms with Crippen LogP contribution in [0.2, 0.25) is 5.02 Å². The van der Waals surface area contributed by atoms with E-state index in [4.69, 9.17) is 11.6 Å². The predicted octanol–water partition coefficient (Wildman–Crippen LogP) is 2.02. The normalized spacial score (nSPS) is 20.6. The Morgan fingerprint density at radius 1 is 1.15 bits per heavy atom. The molecular formula is C19H23ClFN3O3. The van der Waals surface area contributed by atoms with Crippen molar-refractivity contribution in [2.24, 2.45) is 5.92 Å². The molecule has 2 aliphatic heterocycles. The van der Waals surface area contributed by atoms with Crippen LogP contribution in [0.4, 0.5) is 4.39 Å². The molecular weight excluding hydrogens is 373 g/mol. The summed E-state index contributed by atoms with van der Waals surface area (Å²) >= 11 is 5.97. The van der Waals surface area contributed by atoms with Crippen molar-refractivity contribution >= 4 is 29.3 Å². The predicted molar refractivity (Wildman–Crippen MR) is 98.8 cm³/mol. The van der Waals surface area contributed by atoms with Gasteiger partial charge in [0.2, 0.25) is 11.8 Å². The van der Waals surface area contributed by atoms with Gasteiger partial charge in [0.05, 0.1) is 16.5 Å². The first kappa shape index (κ1) is 19.6. The lowest BCUT2D eigenvalue weighted by Gasteiger charge is -2.36. The van der Waals surface area contributed by atoms with E-state index < -0.39 is 11.7 Å². The lowest BCUT2D eigenvalue weighted by Crippen LogP contribution is -2.52. The Bertz CT molecular complexity index is 742. The molecule has 3 rings (SSSR count). The maximum Gasteiger partial charge on any atom is 0.258 e. The van der Waals surface area contributed by atoms with Crippen LogP contribution >= 0.6 is 11.6 Å². The SMILES string of the molecule is CC(C)N1CC(C(=O)N2CCN(C(=O)c3c(F)cccc3Cl)CC2)CC1=O. The number of nitrogens with zero attached hydrogens (tertiary/aromatic N) is 3. The summed E-state index contributed by atoms with van der Waals surface area (Å²) in [4.78, 5) is 42.3. The molecule has 0 saturated carbocycles. The van der Waals surface area contributed by atoms with Crippen LogP contribution < -0.4 is 0 Å². The average molecular weight is 396 g/mol. The van der Waals surface area contributed by atoms with Gasteiger partial charge in [0.25, 0.3) is 5.91 Å². The van der Waals surface area contributed by atoms with Crippen molar-refractivity contribution in [3.63, 3.8) is 0 Å². The number of carbonyl (C=O) groups is 3. The van der Waals surface area contributed by atoms with E-state index in [0.717, 1.165) is 0 Å². The fraction of sp³-hybridized carbons (Fsp3) is 0.526. The van der Waals surface area contributed by atoms with Gasteiger partial charge >= 0.3 is 0 Å². The molecule has 8 heteroatoms. The summed E-state index contributed by atoms with van der Waals surface area (Å²) in [5.41, 5.74) is -0.132. The van der Waals surface area contributed by atoms with Crippen LogP contribution in [0, 0.1) is 11.7 Å². The molecule has 6 nitrogen and oxygen atoms in total. The molecule has 3 amide bonds. The molecule has 0 radical (unpaired) electrons. The molecule has 27 heavy (non-hydrogen) atoms. The summed E-state index contributed by atoms with van der Waals surface area (Å²) in [6, 6.07) is 4.22. The molecule has 2 aliphatic rings. The largest absolute Gasteiger partial charge is 0.339 e. The van der Waals surface area contributed by atoms with Crippen molar-refractivity contribution < 1.29 is 18.8 Å². The molecule has 146 valence electrons. The second-order valence-corrected chi connectivity index (χ2v) is 7.66. The Labute approximate surface area is 162 Å². The summed E-state index contributed by atoms with van der Waals surface area (Å²) in [6.07, 6.45) is 0.237. The quantitative estimate of drug-likeness (QED) is 0.786. The molecule has 1 aromatic carbocycles. The fourth-order valence-corrected chi connectivity index (χ4v) is 3.89. The Morgan fingerprint density at radius 3 is 2.33 bits per heavy atom. The van der Waals surface area contributed by atoms with Crippen LogP contribution in [0.25, 0.3) is 0 Å². The zero-order valence-corrected chi connectivity index (χ0v) is 16.2. The van der Waals surface area contributed by atoms with Crippen LogP contribution in [-0.4, -0.2) is 71.2 Å².